The van der Waals surface area contributed by atoms with E-state index in [9.17, 15) is 4.79 Å². The predicted molar refractivity (Wildman–Crippen MR) is 71.2 cm³/mol. The first-order chi connectivity index (χ1) is 9.34. The summed E-state index contributed by atoms with van der Waals surface area (Å²) >= 11 is 1.07. The van der Waals surface area contributed by atoms with Crippen molar-refractivity contribution >= 4 is 22.6 Å². The molecule has 1 aliphatic heterocycles. The maximum atomic E-state index is 12.2. The Morgan fingerprint density at radius 1 is 1.47 bits per heavy atom. The first-order valence-electron chi connectivity index (χ1n) is 6.18. The third-order valence-corrected chi connectivity index (χ3v) is 3.74. The molecular weight excluding hydrogens is 264 g/mol. The summed E-state index contributed by atoms with van der Waals surface area (Å²) in [6, 6.07) is 4.10. The fourth-order valence-corrected chi connectivity index (χ4v) is 2.69. The minimum absolute atomic E-state index is 0.165. The van der Waals surface area contributed by atoms with Crippen molar-refractivity contribution in [3.8, 4) is 0 Å². The van der Waals surface area contributed by atoms with E-state index in [4.69, 9.17) is 0 Å². The van der Waals surface area contributed by atoms with E-state index in [1.807, 2.05) is 22.9 Å². The Labute approximate surface area is 114 Å². The highest BCUT2D eigenvalue weighted by molar-refractivity contribution is 7.09. The minimum atomic E-state index is -0.165. The van der Waals surface area contributed by atoms with Gasteiger partial charge in [-0.2, -0.15) is 0 Å². The van der Waals surface area contributed by atoms with Gasteiger partial charge in [0.25, 0.3) is 5.91 Å². The summed E-state index contributed by atoms with van der Waals surface area (Å²) in [5.74, 6) is -0.165. The molecular formula is C11H14N6OS. The highest BCUT2D eigenvalue weighted by Crippen LogP contribution is 2.21. The fraction of sp³-hybridized carbons (Fsp3) is 0.455. The van der Waals surface area contributed by atoms with Crippen molar-refractivity contribution in [2.75, 3.05) is 18.4 Å². The zero-order chi connectivity index (χ0) is 13.1. The van der Waals surface area contributed by atoms with E-state index < -0.39 is 0 Å². The average Bonchev–Trinajstić information content (AvgIpc) is 3.10. The second-order valence-electron chi connectivity index (χ2n) is 4.40. The lowest BCUT2D eigenvalue weighted by molar-refractivity contribution is 0.101. The molecule has 8 heteroatoms. The number of carbonyl (C=O) groups is 1. The van der Waals surface area contributed by atoms with Gasteiger partial charge in [0.15, 0.2) is 0 Å². The molecule has 2 N–H and O–H groups in total. The van der Waals surface area contributed by atoms with Crippen LogP contribution in [0, 0.1) is 0 Å². The average molecular weight is 278 g/mol. The number of hydrogen-bond acceptors (Lipinski definition) is 6. The number of hydrogen-bond donors (Lipinski definition) is 2. The number of piperidine rings is 1. The molecule has 0 aliphatic carbocycles. The molecule has 100 valence electrons. The van der Waals surface area contributed by atoms with Gasteiger partial charge in [0.05, 0.1) is 0 Å². The van der Waals surface area contributed by atoms with E-state index in [0.29, 0.717) is 16.9 Å². The van der Waals surface area contributed by atoms with Crippen LogP contribution in [0.4, 0.5) is 5.13 Å². The molecule has 0 unspecified atom stereocenters. The van der Waals surface area contributed by atoms with Crippen LogP contribution in [-0.4, -0.2) is 38.4 Å². The molecule has 0 radical (unpaired) electrons. The van der Waals surface area contributed by atoms with Gasteiger partial charge in [0.2, 0.25) is 5.13 Å². The van der Waals surface area contributed by atoms with Gasteiger partial charge >= 0.3 is 0 Å². The lowest BCUT2D eigenvalue weighted by Gasteiger charge is -2.25. The Morgan fingerprint density at radius 2 is 2.32 bits per heavy atom. The van der Waals surface area contributed by atoms with E-state index in [1.54, 1.807) is 0 Å². The molecule has 1 amide bonds. The normalized spacial score (nSPS) is 16.4. The van der Waals surface area contributed by atoms with E-state index >= 15 is 0 Å². The second kappa shape index (κ2) is 5.45. The van der Waals surface area contributed by atoms with Crippen molar-refractivity contribution in [1.29, 1.82) is 0 Å². The van der Waals surface area contributed by atoms with Crippen LogP contribution in [0.2, 0.25) is 0 Å². The van der Waals surface area contributed by atoms with Gasteiger partial charge in [-0.25, -0.2) is 0 Å². The smallest absolute Gasteiger partial charge is 0.274 e. The Kier molecular flexibility index (Phi) is 3.51. The van der Waals surface area contributed by atoms with Crippen LogP contribution in [0.5, 0.6) is 0 Å². The highest BCUT2D eigenvalue weighted by atomic mass is 32.1. The van der Waals surface area contributed by atoms with Gasteiger partial charge in [-0.05, 0) is 43.3 Å². The number of rotatable bonds is 3. The molecule has 0 saturated carbocycles. The lowest BCUT2D eigenvalue weighted by atomic mass is 10.1. The fourth-order valence-electron chi connectivity index (χ4n) is 2.33. The maximum Gasteiger partial charge on any atom is 0.274 e. The maximum absolute atomic E-state index is 12.2. The SMILES string of the molecule is O=C(Nc1nnns1)c1cccn1C1CCNCC1. The molecule has 2 aromatic heterocycles. The van der Waals surface area contributed by atoms with Crippen LogP contribution < -0.4 is 10.6 Å². The summed E-state index contributed by atoms with van der Waals surface area (Å²) in [5, 5.41) is 13.6. The molecule has 0 spiro atoms. The third kappa shape index (κ3) is 2.64. The van der Waals surface area contributed by atoms with E-state index in [2.05, 4.69) is 25.4 Å². The predicted octanol–water partition coefficient (Wildman–Crippen LogP) is 0.911. The Bertz CT molecular complexity index is 545. The van der Waals surface area contributed by atoms with E-state index in [-0.39, 0.29) is 5.91 Å². The molecule has 2 aromatic rings. The number of anilines is 1. The van der Waals surface area contributed by atoms with E-state index in [0.717, 1.165) is 37.5 Å². The molecule has 1 fully saturated rings. The summed E-state index contributed by atoms with van der Waals surface area (Å²) < 4.78 is 5.67. The number of aromatic nitrogens is 4. The molecule has 0 atom stereocenters. The van der Waals surface area contributed by atoms with E-state index in [1.165, 1.54) is 0 Å². The van der Waals surface area contributed by atoms with Crippen LogP contribution in [0.15, 0.2) is 18.3 Å². The van der Waals surface area contributed by atoms with Gasteiger partial charge in [-0.1, -0.05) is 9.59 Å². The van der Waals surface area contributed by atoms with Crippen molar-refractivity contribution < 1.29 is 4.79 Å². The van der Waals surface area contributed by atoms with Crippen LogP contribution in [0.1, 0.15) is 29.4 Å². The minimum Gasteiger partial charge on any atom is -0.340 e. The summed E-state index contributed by atoms with van der Waals surface area (Å²) in [6.45, 7) is 1.98. The molecule has 1 saturated heterocycles. The van der Waals surface area contributed by atoms with Crippen LogP contribution in [-0.2, 0) is 0 Å². The number of nitrogens with zero attached hydrogens (tertiary/aromatic N) is 4. The van der Waals surface area contributed by atoms with Crippen molar-refractivity contribution in [1.82, 2.24) is 24.7 Å². The Morgan fingerprint density at radius 3 is 3.05 bits per heavy atom. The first-order valence-corrected chi connectivity index (χ1v) is 6.96. The number of amides is 1. The number of carbonyl (C=O) groups excluding carboxylic acids is 1. The monoisotopic (exact) mass is 278 g/mol. The zero-order valence-electron chi connectivity index (χ0n) is 10.2. The van der Waals surface area contributed by atoms with Crippen molar-refractivity contribution in [2.45, 2.75) is 18.9 Å². The summed E-state index contributed by atoms with van der Waals surface area (Å²) in [4.78, 5) is 12.2. The summed E-state index contributed by atoms with van der Waals surface area (Å²) in [5.41, 5.74) is 0.655. The Balaban J connectivity index is 1.77. The lowest BCUT2D eigenvalue weighted by Crippen LogP contribution is -2.31. The molecule has 1 aliphatic rings. The Hall–Kier alpha value is -1.80. The van der Waals surface area contributed by atoms with Crippen LogP contribution in [0.3, 0.4) is 0 Å². The number of nitrogens with one attached hydrogen (secondary N) is 2. The second-order valence-corrected chi connectivity index (χ2v) is 5.14. The summed E-state index contributed by atoms with van der Waals surface area (Å²) in [7, 11) is 0. The van der Waals surface area contributed by atoms with Crippen molar-refractivity contribution in [2.24, 2.45) is 0 Å². The quantitative estimate of drug-likeness (QED) is 0.871. The standard InChI is InChI=1S/C11H14N6OS/c18-10(13-11-14-15-16-19-11)9-2-1-7-17(9)8-3-5-12-6-4-8/h1-2,7-8,12H,3-6H2,(H,13,14,16,18). The van der Waals surface area contributed by atoms with Crippen molar-refractivity contribution in [3.63, 3.8) is 0 Å². The zero-order valence-corrected chi connectivity index (χ0v) is 11.1. The van der Waals surface area contributed by atoms with Gasteiger partial charge in [-0.3, -0.25) is 10.1 Å². The molecule has 7 nitrogen and oxygen atoms in total. The molecule has 0 aromatic carbocycles. The topological polar surface area (TPSA) is 84.7 Å². The van der Waals surface area contributed by atoms with Crippen LogP contribution >= 0.6 is 11.5 Å². The van der Waals surface area contributed by atoms with Crippen molar-refractivity contribution in [3.05, 3.63) is 24.0 Å². The van der Waals surface area contributed by atoms with Gasteiger partial charge in [0, 0.05) is 23.8 Å². The third-order valence-electron chi connectivity index (χ3n) is 3.23. The van der Waals surface area contributed by atoms with Gasteiger partial charge in [0.1, 0.15) is 5.69 Å². The van der Waals surface area contributed by atoms with Gasteiger partial charge < -0.3 is 9.88 Å². The molecule has 3 heterocycles. The summed E-state index contributed by atoms with van der Waals surface area (Å²) in [6.07, 6.45) is 4.04. The highest BCUT2D eigenvalue weighted by Gasteiger charge is 2.20. The largest absolute Gasteiger partial charge is 0.340 e. The first kappa shape index (κ1) is 12.2. The molecule has 3 rings (SSSR count). The van der Waals surface area contributed by atoms with Gasteiger partial charge in [-0.15, -0.1) is 0 Å². The van der Waals surface area contributed by atoms with Crippen LogP contribution in [0.25, 0.3) is 0 Å². The molecule has 19 heavy (non-hydrogen) atoms. The molecule has 0 bridgehead atoms.